The Morgan fingerprint density at radius 1 is 1.12 bits per heavy atom. The van der Waals surface area contributed by atoms with Gasteiger partial charge >= 0.3 is 0 Å². The molecule has 34 heavy (non-hydrogen) atoms. The van der Waals surface area contributed by atoms with Crippen molar-refractivity contribution in [3.63, 3.8) is 0 Å². The summed E-state index contributed by atoms with van der Waals surface area (Å²) < 4.78 is 38.2. The molecule has 2 fully saturated rings. The van der Waals surface area contributed by atoms with Gasteiger partial charge < -0.3 is 25.0 Å². The third-order valence-electron chi connectivity index (χ3n) is 6.69. The molecule has 1 aliphatic carbocycles. The highest BCUT2D eigenvalue weighted by Crippen LogP contribution is 2.27. The van der Waals surface area contributed by atoms with E-state index in [-0.39, 0.29) is 6.04 Å². The van der Waals surface area contributed by atoms with E-state index in [1.54, 1.807) is 19.2 Å². The van der Waals surface area contributed by atoms with E-state index in [1.165, 1.54) is 5.69 Å². The van der Waals surface area contributed by atoms with E-state index in [1.807, 2.05) is 12.1 Å². The Balaban J connectivity index is 1.23. The monoisotopic (exact) mass is 475 g/mol. The molecule has 186 valence electrons. The average Bonchev–Trinajstić information content (AvgIpc) is 2.84. The predicted octanol–water partition coefficient (Wildman–Crippen LogP) is 4.63. The second-order valence-electron chi connectivity index (χ2n) is 9.36. The van der Waals surface area contributed by atoms with E-state index < -0.39 is 12.0 Å². The third kappa shape index (κ3) is 6.99. The summed E-state index contributed by atoms with van der Waals surface area (Å²) in [6.07, 6.45) is 5.34. The number of benzene rings is 1. The molecule has 9 heteroatoms. The fourth-order valence-corrected chi connectivity index (χ4v) is 4.39. The van der Waals surface area contributed by atoms with Gasteiger partial charge in [-0.1, -0.05) is 0 Å². The van der Waals surface area contributed by atoms with Crippen molar-refractivity contribution in [2.45, 2.75) is 57.5 Å². The molecule has 2 heterocycles. The number of rotatable bonds is 9. The van der Waals surface area contributed by atoms with Crippen LogP contribution in [0.4, 0.5) is 26.1 Å². The zero-order chi connectivity index (χ0) is 24.0. The number of hydrogen-bond donors (Lipinski definition) is 2. The molecular weight excluding hydrogens is 440 g/mol. The van der Waals surface area contributed by atoms with Crippen LogP contribution in [-0.4, -0.2) is 60.9 Å². The molecule has 4 rings (SSSR count). The molecule has 2 N–H and O–H groups in total. The van der Waals surface area contributed by atoms with E-state index in [9.17, 15) is 8.78 Å². The standard InChI is InChI=1S/C25H35F2N5O2/c1-18(25(2,26)27)29-20-5-3-19(4-6-20)17-34-23-11-12-28-24(31-23)30-21-7-9-22(10-8-21)32-13-15-33-16-14-32/h7-12,18-20,29H,3-6,13-17H2,1-2H3,(H,28,30,31)/t18?,19-,20-. The number of nitrogens with zero attached hydrogens (tertiary/aromatic N) is 3. The minimum absolute atomic E-state index is 0.140. The molecular formula is C25H35F2N5O2. The molecule has 1 saturated heterocycles. The molecule has 0 radical (unpaired) electrons. The van der Waals surface area contributed by atoms with Gasteiger partial charge in [0.1, 0.15) is 0 Å². The Bertz CT molecular complexity index is 895. The van der Waals surface area contributed by atoms with Crippen LogP contribution >= 0.6 is 0 Å². The second kappa shape index (κ2) is 11.3. The number of aromatic nitrogens is 2. The quantitative estimate of drug-likeness (QED) is 0.548. The number of halogens is 2. The number of morpholine rings is 1. The van der Waals surface area contributed by atoms with Gasteiger partial charge in [0, 0.05) is 49.7 Å². The van der Waals surface area contributed by atoms with Gasteiger partial charge in [-0.25, -0.2) is 13.8 Å². The zero-order valence-electron chi connectivity index (χ0n) is 20.0. The van der Waals surface area contributed by atoms with Gasteiger partial charge in [0.2, 0.25) is 11.8 Å². The maximum atomic E-state index is 13.4. The molecule has 0 amide bonds. The highest BCUT2D eigenvalue weighted by molar-refractivity contribution is 5.59. The second-order valence-corrected chi connectivity index (χ2v) is 9.36. The SMILES string of the molecule is CC(N[C@H]1CC[C@H](COc2ccnc(Nc3ccc(N4CCOCC4)cc3)n2)CC1)C(C)(F)F. The van der Waals surface area contributed by atoms with E-state index in [0.29, 0.717) is 24.4 Å². The summed E-state index contributed by atoms with van der Waals surface area (Å²) in [6.45, 7) is 6.41. The van der Waals surface area contributed by atoms with Crippen LogP contribution in [0.25, 0.3) is 0 Å². The molecule has 1 unspecified atom stereocenters. The topological polar surface area (TPSA) is 71.5 Å². The smallest absolute Gasteiger partial charge is 0.260 e. The summed E-state index contributed by atoms with van der Waals surface area (Å²) >= 11 is 0. The van der Waals surface area contributed by atoms with Gasteiger partial charge in [-0.2, -0.15) is 4.98 Å². The normalized spacial score (nSPS) is 22.3. The third-order valence-corrected chi connectivity index (χ3v) is 6.69. The predicted molar refractivity (Wildman–Crippen MR) is 129 cm³/mol. The lowest BCUT2D eigenvalue weighted by atomic mass is 9.86. The Labute approximate surface area is 200 Å². The number of ether oxygens (including phenoxy) is 2. The maximum absolute atomic E-state index is 13.4. The molecule has 7 nitrogen and oxygen atoms in total. The number of hydrogen-bond acceptors (Lipinski definition) is 7. The number of alkyl halides is 2. The van der Waals surface area contributed by atoms with Crippen LogP contribution in [-0.2, 0) is 4.74 Å². The molecule has 0 spiro atoms. The van der Waals surface area contributed by atoms with E-state index >= 15 is 0 Å². The molecule has 1 aromatic heterocycles. The van der Waals surface area contributed by atoms with Gasteiger partial charge in [-0.15, -0.1) is 0 Å². The van der Waals surface area contributed by atoms with Crippen LogP contribution in [0.15, 0.2) is 36.5 Å². The Morgan fingerprint density at radius 3 is 2.50 bits per heavy atom. The lowest BCUT2D eigenvalue weighted by molar-refractivity contribution is -0.0180. The number of anilines is 3. The van der Waals surface area contributed by atoms with E-state index in [4.69, 9.17) is 9.47 Å². The highest BCUT2D eigenvalue weighted by atomic mass is 19.3. The van der Waals surface area contributed by atoms with Crippen LogP contribution in [0.2, 0.25) is 0 Å². The molecule has 1 saturated carbocycles. The first-order chi connectivity index (χ1) is 16.4. The maximum Gasteiger partial charge on any atom is 0.260 e. The number of nitrogens with one attached hydrogen (secondary N) is 2. The minimum Gasteiger partial charge on any atom is -0.477 e. The molecule has 2 aromatic rings. The summed E-state index contributed by atoms with van der Waals surface area (Å²) in [6, 6.07) is 9.29. The summed E-state index contributed by atoms with van der Waals surface area (Å²) in [5.74, 6) is -1.29. The summed E-state index contributed by atoms with van der Waals surface area (Å²) in [5, 5.41) is 6.31. The van der Waals surface area contributed by atoms with Crippen molar-refractivity contribution in [1.29, 1.82) is 0 Å². The van der Waals surface area contributed by atoms with Gasteiger partial charge in [0.25, 0.3) is 5.92 Å². The largest absolute Gasteiger partial charge is 0.477 e. The summed E-state index contributed by atoms with van der Waals surface area (Å²) in [4.78, 5) is 11.1. The Kier molecular flexibility index (Phi) is 8.15. The first-order valence-electron chi connectivity index (χ1n) is 12.2. The summed E-state index contributed by atoms with van der Waals surface area (Å²) in [5.41, 5.74) is 2.08. The van der Waals surface area contributed by atoms with Crippen LogP contribution in [0.5, 0.6) is 5.88 Å². The minimum atomic E-state index is -2.70. The molecule has 1 aromatic carbocycles. The van der Waals surface area contributed by atoms with Crippen LogP contribution in [0.1, 0.15) is 39.5 Å². The van der Waals surface area contributed by atoms with Gasteiger partial charge in [0.15, 0.2) is 0 Å². The molecule has 1 aliphatic heterocycles. The zero-order valence-corrected chi connectivity index (χ0v) is 20.0. The molecule has 2 aliphatic rings. The fraction of sp³-hybridized carbons (Fsp3) is 0.600. The fourth-order valence-electron chi connectivity index (χ4n) is 4.39. The summed E-state index contributed by atoms with van der Waals surface area (Å²) in [7, 11) is 0. The first-order valence-corrected chi connectivity index (χ1v) is 12.2. The van der Waals surface area contributed by atoms with E-state index in [2.05, 4.69) is 37.6 Å². The lowest BCUT2D eigenvalue weighted by Gasteiger charge is -2.32. The van der Waals surface area contributed by atoms with Crippen molar-refractivity contribution in [2.75, 3.05) is 43.1 Å². The van der Waals surface area contributed by atoms with Gasteiger partial charge in [-0.05, 0) is 62.8 Å². The van der Waals surface area contributed by atoms with Crippen LogP contribution in [0, 0.1) is 5.92 Å². The van der Waals surface area contributed by atoms with Crippen LogP contribution < -0.4 is 20.3 Å². The van der Waals surface area contributed by atoms with Crippen LogP contribution in [0.3, 0.4) is 0 Å². The lowest BCUT2D eigenvalue weighted by Crippen LogP contribution is -2.47. The first kappa shape index (κ1) is 24.6. The average molecular weight is 476 g/mol. The van der Waals surface area contributed by atoms with Gasteiger partial charge in [0.05, 0.1) is 25.9 Å². The molecule has 1 atom stereocenters. The highest BCUT2D eigenvalue weighted by Gasteiger charge is 2.32. The van der Waals surface area contributed by atoms with Crippen molar-refractivity contribution in [3.8, 4) is 5.88 Å². The Hall–Kier alpha value is -2.52. The van der Waals surface area contributed by atoms with Crippen molar-refractivity contribution in [2.24, 2.45) is 5.92 Å². The Morgan fingerprint density at radius 2 is 1.82 bits per heavy atom. The van der Waals surface area contributed by atoms with Crippen molar-refractivity contribution >= 4 is 17.3 Å². The van der Waals surface area contributed by atoms with E-state index in [0.717, 1.165) is 64.6 Å². The molecule has 0 bridgehead atoms. The van der Waals surface area contributed by atoms with Crippen molar-refractivity contribution in [3.05, 3.63) is 36.5 Å². The van der Waals surface area contributed by atoms with Gasteiger partial charge in [-0.3, -0.25) is 0 Å². The van der Waals surface area contributed by atoms with Crippen molar-refractivity contribution in [1.82, 2.24) is 15.3 Å². The van der Waals surface area contributed by atoms with Crippen molar-refractivity contribution < 1.29 is 18.3 Å².